The van der Waals surface area contributed by atoms with E-state index in [1.165, 1.54) is 4.88 Å². The first-order valence-corrected chi connectivity index (χ1v) is 5.97. The molecule has 0 atom stereocenters. The van der Waals surface area contributed by atoms with Crippen LogP contribution in [0.3, 0.4) is 0 Å². The smallest absolute Gasteiger partial charge is 0.152 e. The highest BCUT2D eigenvalue weighted by atomic mass is 32.1. The van der Waals surface area contributed by atoms with E-state index < -0.39 is 0 Å². The van der Waals surface area contributed by atoms with Crippen molar-refractivity contribution in [1.29, 1.82) is 0 Å². The van der Waals surface area contributed by atoms with Crippen LogP contribution >= 0.6 is 11.3 Å². The Labute approximate surface area is 99.1 Å². The number of hydrogen-bond donors (Lipinski definition) is 0. The van der Waals surface area contributed by atoms with E-state index in [0.717, 1.165) is 24.1 Å². The summed E-state index contributed by atoms with van der Waals surface area (Å²) >= 11 is 1.73. The fourth-order valence-electron chi connectivity index (χ4n) is 1.66. The summed E-state index contributed by atoms with van der Waals surface area (Å²) in [6.07, 6.45) is 0.903. The van der Waals surface area contributed by atoms with Crippen molar-refractivity contribution in [2.24, 2.45) is 0 Å². The van der Waals surface area contributed by atoms with E-state index in [4.69, 9.17) is 0 Å². The average Bonchev–Trinajstić information content (AvgIpc) is 2.81. The van der Waals surface area contributed by atoms with Crippen LogP contribution in [0.4, 0.5) is 5.69 Å². The fraction of sp³-hybridized carbons (Fsp3) is 0.154. The lowest BCUT2D eigenvalue weighted by Gasteiger charge is -2.19. The van der Waals surface area contributed by atoms with Crippen molar-refractivity contribution in [3.8, 4) is 0 Å². The maximum Gasteiger partial charge on any atom is 0.152 e. The van der Waals surface area contributed by atoms with Crippen molar-refractivity contribution in [1.82, 2.24) is 0 Å². The first-order chi connectivity index (χ1) is 7.81. The normalized spacial score (nSPS) is 10.1. The van der Waals surface area contributed by atoms with Gasteiger partial charge in [-0.25, -0.2) is 0 Å². The summed E-state index contributed by atoms with van der Waals surface area (Å²) in [6, 6.07) is 11.8. The molecule has 82 valence electrons. The Morgan fingerprint density at radius 1 is 1.25 bits per heavy atom. The second kappa shape index (κ2) is 4.94. The molecular formula is C13H13NOS. The summed E-state index contributed by atoms with van der Waals surface area (Å²) < 4.78 is 0. The molecule has 0 radical (unpaired) electrons. The molecule has 0 aliphatic rings. The number of thiophene rings is 1. The summed E-state index contributed by atoms with van der Waals surface area (Å²) in [7, 11) is 2.00. The molecule has 1 heterocycles. The van der Waals surface area contributed by atoms with E-state index in [1.807, 2.05) is 37.4 Å². The van der Waals surface area contributed by atoms with Crippen molar-refractivity contribution < 1.29 is 4.79 Å². The van der Waals surface area contributed by atoms with Crippen LogP contribution in [-0.2, 0) is 6.54 Å². The minimum absolute atomic E-state index is 0.738. The Kier molecular flexibility index (Phi) is 3.37. The molecule has 2 aromatic rings. The van der Waals surface area contributed by atoms with Gasteiger partial charge in [0.25, 0.3) is 0 Å². The SMILES string of the molecule is CN(Cc1cccs1)c1ccccc1C=O. The average molecular weight is 231 g/mol. The molecule has 0 unspecified atom stereocenters. The molecule has 0 aliphatic heterocycles. The Balaban J connectivity index is 2.20. The number of anilines is 1. The zero-order valence-electron chi connectivity index (χ0n) is 9.09. The van der Waals surface area contributed by atoms with Crippen LogP contribution in [0.1, 0.15) is 15.2 Å². The number of para-hydroxylation sites is 1. The van der Waals surface area contributed by atoms with Gasteiger partial charge in [-0.15, -0.1) is 11.3 Å². The number of benzene rings is 1. The highest BCUT2D eigenvalue weighted by molar-refractivity contribution is 7.09. The van der Waals surface area contributed by atoms with Crippen LogP contribution < -0.4 is 4.90 Å². The Hall–Kier alpha value is -1.61. The first-order valence-electron chi connectivity index (χ1n) is 5.09. The maximum atomic E-state index is 10.9. The summed E-state index contributed by atoms with van der Waals surface area (Å²) in [5, 5.41) is 2.06. The number of hydrogen-bond acceptors (Lipinski definition) is 3. The summed E-state index contributed by atoms with van der Waals surface area (Å²) in [5.74, 6) is 0. The van der Waals surface area contributed by atoms with E-state index in [1.54, 1.807) is 11.3 Å². The van der Waals surface area contributed by atoms with E-state index in [-0.39, 0.29) is 0 Å². The molecule has 1 aromatic carbocycles. The van der Waals surface area contributed by atoms with Gasteiger partial charge in [-0.05, 0) is 23.6 Å². The molecule has 16 heavy (non-hydrogen) atoms. The summed E-state index contributed by atoms with van der Waals surface area (Å²) in [6.45, 7) is 0.836. The predicted molar refractivity (Wildman–Crippen MR) is 68.3 cm³/mol. The van der Waals surface area contributed by atoms with Crippen LogP contribution in [0, 0.1) is 0 Å². The summed E-state index contributed by atoms with van der Waals surface area (Å²) in [4.78, 5) is 14.3. The number of rotatable bonds is 4. The van der Waals surface area contributed by atoms with Crippen molar-refractivity contribution in [2.45, 2.75) is 6.54 Å². The van der Waals surface area contributed by atoms with Gasteiger partial charge < -0.3 is 4.90 Å². The van der Waals surface area contributed by atoms with Gasteiger partial charge in [-0.2, -0.15) is 0 Å². The molecule has 0 aliphatic carbocycles. The molecule has 0 saturated carbocycles. The van der Waals surface area contributed by atoms with Gasteiger partial charge in [0.2, 0.25) is 0 Å². The summed E-state index contributed by atoms with van der Waals surface area (Å²) in [5.41, 5.74) is 1.72. The van der Waals surface area contributed by atoms with Crippen LogP contribution in [-0.4, -0.2) is 13.3 Å². The molecular weight excluding hydrogens is 218 g/mol. The minimum atomic E-state index is 0.738. The second-order valence-electron chi connectivity index (χ2n) is 3.61. The molecule has 3 heteroatoms. The third-order valence-corrected chi connectivity index (χ3v) is 3.31. The van der Waals surface area contributed by atoms with Gasteiger partial charge in [0.05, 0.1) is 6.54 Å². The van der Waals surface area contributed by atoms with Crippen molar-refractivity contribution in [3.05, 3.63) is 52.2 Å². The second-order valence-corrected chi connectivity index (χ2v) is 4.64. The highest BCUT2D eigenvalue weighted by Crippen LogP contribution is 2.20. The molecule has 1 aromatic heterocycles. The minimum Gasteiger partial charge on any atom is -0.369 e. The lowest BCUT2D eigenvalue weighted by molar-refractivity contribution is 0.112. The molecule has 0 N–H and O–H groups in total. The number of nitrogens with zero attached hydrogens (tertiary/aromatic N) is 1. The van der Waals surface area contributed by atoms with Crippen molar-refractivity contribution >= 4 is 23.3 Å². The largest absolute Gasteiger partial charge is 0.369 e. The number of aldehydes is 1. The van der Waals surface area contributed by atoms with Crippen molar-refractivity contribution in [2.75, 3.05) is 11.9 Å². The van der Waals surface area contributed by atoms with Gasteiger partial charge in [-0.1, -0.05) is 18.2 Å². The van der Waals surface area contributed by atoms with Crippen LogP contribution in [0.25, 0.3) is 0 Å². The number of carbonyl (C=O) groups is 1. The number of carbonyl (C=O) groups excluding carboxylic acids is 1. The maximum absolute atomic E-state index is 10.9. The van der Waals surface area contributed by atoms with E-state index in [2.05, 4.69) is 16.3 Å². The zero-order valence-corrected chi connectivity index (χ0v) is 9.91. The topological polar surface area (TPSA) is 20.3 Å². The molecule has 0 bridgehead atoms. The molecule has 2 rings (SSSR count). The predicted octanol–water partition coefficient (Wildman–Crippen LogP) is 3.20. The quantitative estimate of drug-likeness (QED) is 0.753. The molecule has 0 saturated heterocycles. The van der Waals surface area contributed by atoms with Gasteiger partial charge >= 0.3 is 0 Å². The van der Waals surface area contributed by atoms with E-state index in [9.17, 15) is 4.79 Å². The monoisotopic (exact) mass is 231 g/mol. The van der Waals surface area contributed by atoms with Crippen LogP contribution in [0.15, 0.2) is 41.8 Å². The molecule has 2 nitrogen and oxygen atoms in total. The van der Waals surface area contributed by atoms with E-state index >= 15 is 0 Å². The van der Waals surface area contributed by atoms with Gasteiger partial charge in [0.1, 0.15) is 0 Å². The zero-order chi connectivity index (χ0) is 11.4. The third-order valence-electron chi connectivity index (χ3n) is 2.45. The van der Waals surface area contributed by atoms with Gasteiger partial charge in [0.15, 0.2) is 6.29 Å². The fourth-order valence-corrected chi connectivity index (χ4v) is 2.41. The molecule has 0 spiro atoms. The standard InChI is InChI=1S/C13H13NOS/c1-14(9-12-6-4-8-16-12)13-7-3-2-5-11(13)10-15/h2-8,10H,9H2,1H3. The Bertz CT molecular complexity index is 465. The first kappa shape index (κ1) is 10.9. The Morgan fingerprint density at radius 2 is 2.06 bits per heavy atom. The lowest BCUT2D eigenvalue weighted by Crippen LogP contribution is -2.17. The van der Waals surface area contributed by atoms with E-state index in [0.29, 0.717) is 0 Å². The molecule has 0 amide bonds. The third kappa shape index (κ3) is 2.31. The van der Waals surface area contributed by atoms with Crippen LogP contribution in [0.2, 0.25) is 0 Å². The molecule has 0 fully saturated rings. The highest BCUT2D eigenvalue weighted by Gasteiger charge is 2.06. The Morgan fingerprint density at radius 3 is 2.75 bits per heavy atom. The van der Waals surface area contributed by atoms with Gasteiger partial charge in [0, 0.05) is 23.2 Å². The lowest BCUT2D eigenvalue weighted by atomic mass is 10.2. The van der Waals surface area contributed by atoms with Crippen molar-refractivity contribution in [3.63, 3.8) is 0 Å². The van der Waals surface area contributed by atoms with Crippen LogP contribution in [0.5, 0.6) is 0 Å². The van der Waals surface area contributed by atoms with Gasteiger partial charge in [-0.3, -0.25) is 4.79 Å².